The first-order valence-electron chi connectivity index (χ1n) is 5.25. The molecule has 0 heterocycles. The fourth-order valence-electron chi connectivity index (χ4n) is 1.49. The van der Waals surface area contributed by atoms with Gasteiger partial charge in [-0.3, -0.25) is 0 Å². The molecule has 0 saturated carbocycles. The predicted molar refractivity (Wildman–Crippen MR) is 62.7 cm³/mol. The number of benzene rings is 1. The number of aromatic hydroxyl groups is 1. The molecule has 1 unspecified atom stereocenters. The van der Waals surface area contributed by atoms with Gasteiger partial charge >= 0.3 is 0 Å². The van der Waals surface area contributed by atoms with Crippen LogP contribution >= 0.6 is 0 Å². The van der Waals surface area contributed by atoms with Crippen molar-refractivity contribution in [2.24, 2.45) is 0 Å². The van der Waals surface area contributed by atoms with Gasteiger partial charge in [0.25, 0.3) is 0 Å². The molecule has 1 atom stereocenters. The second-order valence-electron chi connectivity index (χ2n) is 4.00. The highest BCUT2D eigenvalue weighted by atomic mass is 16.3. The number of hydrogen-bond donors (Lipinski definition) is 2. The lowest BCUT2D eigenvalue weighted by Crippen LogP contribution is -2.19. The Morgan fingerprint density at radius 1 is 1.33 bits per heavy atom. The van der Waals surface area contributed by atoms with E-state index in [9.17, 15) is 10.2 Å². The molecule has 1 aromatic carbocycles. The van der Waals surface area contributed by atoms with Crippen LogP contribution < -0.4 is 0 Å². The molecule has 2 heteroatoms. The van der Waals surface area contributed by atoms with E-state index in [0.29, 0.717) is 0 Å². The van der Waals surface area contributed by atoms with Crippen LogP contribution in [-0.4, -0.2) is 15.8 Å². The van der Waals surface area contributed by atoms with Gasteiger partial charge in [-0.2, -0.15) is 0 Å². The fraction of sp³-hybridized carbons (Fsp3) is 0.385. The Kier molecular flexibility index (Phi) is 3.92. The first-order valence-corrected chi connectivity index (χ1v) is 5.25. The lowest BCUT2D eigenvalue weighted by molar-refractivity contribution is 0.102. The molecule has 0 spiro atoms. The van der Waals surface area contributed by atoms with E-state index in [-0.39, 0.29) is 5.75 Å². The minimum absolute atomic E-state index is 0.237. The van der Waals surface area contributed by atoms with Crippen LogP contribution in [0.5, 0.6) is 5.75 Å². The quantitative estimate of drug-likeness (QED) is 0.795. The van der Waals surface area contributed by atoms with Crippen molar-refractivity contribution in [1.82, 2.24) is 0 Å². The maximum Gasteiger partial charge on any atom is 0.122 e. The number of rotatable bonds is 4. The Bertz CT molecular complexity index is 340. The second kappa shape index (κ2) is 4.99. The molecule has 2 N–H and O–H groups in total. The highest BCUT2D eigenvalue weighted by molar-refractivity contribution is 5.57. The van der Waals surface area contributed by atoms with Crippen molar-refractivity contribution in [2.75, 3.05) is 0 Å². The molecule has 0 radical (unpaired) electrons. The standard InChI is InChI=1S/C13H18O2/c1-3-9-13(2,15)10-8-11-6-4-5-7-12(11)14/h4-8,10,14-15H,3,9H2,1-2H3/b10-8-. The summed E-state index contributed by atoms with van der Waals surface area (Å²) >= 11 is 0. The summed E-state index contributed by atoms with van der Waals surface area (Å²) in [6.07, 6.45) is 5.13. The predicted octanol–water partition coefficient (Wildman–Crippen LogP) is 2.96. The van der Waals surface area contributed by atoms with Gasteiger partial charge in [0.15, 0.2) is 0 Å². The van der Waals surface area contributed by atoms with Crippen LogP contribution in [0.25, 0.3) is 6.08 Å². The Balaban J connectivity index is 2.77. The maximum absolute atomic E-state index is 9.90. The molecular weight excluding hydrogens is 188 g/mol. The Hall–Kier alpha value is -1.28. The van der Waals surface area contributed by atoms with Crippen LogP contribution in [0.4, 0.5) is 0 Å². The number of phenols is 1. The monoisotopic (exact) mass is 206 g/mol. The van der Waals surface area contributed by atoms with E-state index in [1.165, 1.54) is 0 Å². The maximum atomic E-state index is 9.90. The van der Waals surface area contributed by atoms with Crippen LogP contribution in [-0.2, 0) is 0 Å². The van der Waals surface area contributed by atoms with Gasteiger partial charge in [0, 0.05) is 5.56 Å². The minimum Gasteiger partial charge on any atom is -0.507 e. The number of hydrogen-bond acceptors (Lipinski definition) is 2. The van der Waals surface area contributed by atoms with E-state index >= 15 is 0 Å². The summed E-state index contributed by atoms with van der Waals surface area (Å²) in [6.45, 7) is 3.80. The van der Waals surface area contributed by atoms with Crippen molar-refractivity contribution in [3.8, 4) is 5.75 Å². The Labute approximate surface area is 90.9 Å². The average molecular weight is 206 g/mol. The SMILES string of the molecule is CCCC(C)(O)/C=C\c1ccccc1O. The largest absolute Gasteiger partial charge is 0.507 e. The van der Waals surface area contributed by atoms with Gasteiger partial charge in [-0.25, -0.2) is 0 Å². The van der Waals surface area contributed by atoms with Gasteiger partial charge in [-0.15, -0.1) is 0 Å². The van der Waals surface area contributed by atoms with Crippen molar-refractivity contribution in [2.45, 2.75) is 32.3 Å². The molecule has 0 aliphatic heterocycles. The summed E-state index contributed by atoms with van der Waals surface area (Å²) in [5.41, 5.74) is -0.0642. The van der Waals surface area contributed by atoms with Gasteiger partial charge in [-0.1, -0.05) is 43.7 Å². The Morgan fingerprint density at radius 3 is 2.60 bits per heavy atom. The highest BCUT2D eigenvalue weighted by Crippen LogP contribution is 2.20. The zero-order valence-corrected chi connectivity index (χ0v) is 9.27. The number of para-hydroxylation sites is 1. The van der Waals surface area contributed by atoms with E-state index < -0.39 is 5.60 Å². The van der Waals surface area contributed by atoms with Gasteiger partial charge < -0.3 is 10.2 Å². The van der Waals surface area contributed by atoms with Gasteiger partial charge in [0.05, 0.1) is 5.60 Å². The topological polar surface area (TPSA) is 40.5 Å². The van der Waals surface area contributed by atoms with Gasteiger partial charge in [-0.05, 0) is 19.4 Å². The molecule has 0 aliphatic rings. The fourth-order valence-corrected chi connectivity index (χ4v) is 1.49. The molecule has 0 saturated heterocycles. The number of phenolic OH excluding ortho intramolecular Hbond substituents is 1. The summed E-state index contributed by atoms with van der Waals surface area (Å²) in [5.74, 6) is 0.237. The van der Waals surface area contributed by atoms with Crippen LogP contribution in [0.3, 0.4) is 0 Å². The van der Waals surface area contributed by atoms with Crippen LogP contribution in [0.15, 0.2) is 30.3 Å². The molecule has 0 aromatic heterocycles. The van der Waals surface area contributed by atoms with Crippen LogP contribution in [0, 0.1) is 0 Å². The van der Waals surface area contributed by atoms with Crippen molar-refractivity contribution in [1.29, 1.82) is 0 Å². The van der Waals surface area contributed by atoms with Crippen molar-refractivity contribution >= 4 is 6.08 Å². The summed E-state index contributed by atoms with van der Waals surface area (Å²) < 4.78 is 0. The van der Waals surface area contributed by atoms with Gasteiger partial charge in [0.2, 0.25) is 0 Å². The third-order valence-electron chi connectivity index (χ3n) is 2.31. The van der Waals surface area contributed by atoms with E-state index in [2.05, 4.69) is 0 Å². The molecule has 0 bridgehead atoms. The zero-order chi connectivity index (χ0) is 11.3. The molecule has 15 heavy (non-hydrogen) atoms. The molecular formula is C13H18O2. The lowest BCUT2D eigenvalue weighted by Gasteiger charge is -2.17. The second-order valence-corrected chi connectivity index (χ2v) is 4.00. The van der Waals surface area contributed by atoms with E-state index in [1.54, 1.807) is 31.2 Å². The lowest BCUT2D eigenvalue weighted by atomic mass is 9.99. The third-order valence-corrected chi connectivity index (χ3v) is 2.31. The highest BCUT2D eigenvalue weighted by Gasteiger charge is 2.14. The molecule has 1 aromatic rings. The molecule has 82 valence electrons. The zero-order valence-electron chi connectivity index (χ0n) is 9.27. The summed E-state index contributed by atoms with van der Waals surface area (Å²) in [4.78, 5) is 0. The molecule has 0 amide bonds. The minimum atomic E-state index is -0.795. The van der Waals surface area contributed by atoms with Crippen LogP contribution in [0.1, 0.15) is 32.3 Å². The normalized spacial score (nSPS) is 15.4. The molecule has 0 aliphatic carbocycles. The first kappa shape index (κ1) is 11.8. The smallest absolute Gasteiger partial charge is 0.122 e. The average Bonchev–Trinajstić information content (AvgIpc) is 2.16. The number of aliphatic hydroxyl groups is 1. The molecule has 0 fully saturated rings. The van der Waals surface area contributed by atoms with Crippen LogP contribution in [0.2, 0.25) is 0 Å². The third kappa shape index (κ3) is 3.76. The van der Waals surface area contributed by atoms with Gasteiger partial charge in [0.1, 0.15) is 5.75 Å². The summed E-state index contributed by atoms with van der Waals surface area (Å²) in [5, 5.41) is 19.4. The summed E-state index contributed by atoms with van der Waals surface area (Å²) in [7, 11) is 0. The summed E-state index contributed by atoms with van der Waals surface area (Å²) in [6, 6.07) is 7.08. The van der Waals surface area contributed by atoms with Crippen molar-refractivity contribution < 1.29 is 10.2 Å². The van der Waals surface area contributed by atoms with Crippen molar-refractivity contribution in [3.05, 3.63) is 35.9 Å². The van der Waals surface area contributed by atoms with E-state index in [1.807, 2.05) is 19.1 Å². The molecule has 1 rings (SSSR count). The van der Waals surface area contributed by atoms with E-state index in [4.69, 9.17) is 0 Å². The van der Waals surface area contributed by atoms with E-state index in [0.717, 1.165) is 18.4 Å². The van der Waals surface area contributed by atoms with Crippen molar-refractivity contribution in [3.63, 3.8) is 0 Å². The first-order chi connectivity index (χ1) is 7.05. The molecule has 2 nitrogen and oxygen atoms in total. The Morgan fingerprint density at radius 2 is 2.00 bits per heavy atom.